The second-order valence-corrected chi connectivity index (χ2v) is 11.0. The van der Waals surface area contributed by atoms with Crippen molar-refractivity contribution in [3.63, 3.8) is 0 Å². The number of fused-ring (bicyclic) bond motifs is 2. The first-order valence-corrected chi connectivity index (χ1v) is 13.5. The van der Waals surface area contributed by atoms with Crippen LogP contribution in [0.15, 0.2) is 40.4 Å². The van der Waals surface area contributed by atoms with Gasteiger partial charge in [0, 0.05) is 9.90 Å². The molecule has 3 heterocycles. The van der Waals surface area contributed by atoms with Crippen LogP contribution in [0.3, 0.4) is 0 Å². The molecule has 1 amide bonds. The Bertz CT molecular complexity index is 1530. The summed E-state index contributed by atoms with van der Waals surface area (Å²) in [5.74, 6) is -0.723. The van der Waals surface area contributed by atoms with Crippen molar-refractivity contribution >= 4 is 62.6 Å². The molecule has 0 aliphatic heterocycles. The number of aryl methyl sites for hydroxylation is 1. The highest BCUT2D eigenvalue weighted by molar-refractivity contribution is 8.00. The lowest BCUT2D eigenvalue weighted by atomic mass is 10.1. The van der Waals surface area contributed by atoms with Crippen LogP contribution in [0.1, 0.15) is 41.1 Å². The van der Waals surface area contributed by atoms with Crippen LogP contribution in [0.4, 0.5) is 5.00 Å². The Morgan fingerprint density at radius 2 is 2.08 bits per heavy atom. The summed E-state index contributed by atoms with van der Waals surface area (Å²) in [5, 5.41) is 8.29. The third-order valence-electron chi connectivity index (χ3n) is 5.78. The minimum atomic E-state index is -0.607. The minimum absolute atomic E-state index is 0.261. The normalized spacial score (nSPS) is 13.5. The average Bonchev–Trinajstić information content (AvgIpc) is 3.54. The molecule has 1 atom stereocenters. The zero-order valence-corrected chi connectivity index (χ0v) is 21.9. The number of esters is 1. The number of thiophene rings is 1. The Balaban J connectivity index is 1.38. The van der Waals surface area contributed by atoms with Gasteiger partial charge in [0.15, 0.2) is 10.8 Å². The number of anilines is 1. The van der Waals surface area contributed by atoms with Crippen LogP contribution in [0.5, 0.6) is 0 Å². The highest BCUT2D eigenvalue weighted by Crippen LogP contribution is 2.40. The largest absolute Gasteiger partial charge is 0.462 e. The predicted molar refractivity (Wildman–Crippen MR) is 141 cm³/mol. The number of aromatic nitrogens is 4. The maximum atomic E-state index is 13.1. The highest BCUT2D eigenvalue weighted by atomic mass is 35.5. The molecule has 3 aromatic heterocycles. The predicted octanol–water partition coefficient (Wildman–Crippen LogP) is 4.61. The van der Waals surface area contributed by atoms with E-state index in [0.717, 1.165) is 41.5 Å². The fourth-order valence-electron chi connectivity index (χ4n) is 4.07. The van der Waals surface area contributed by atoms with Crippen LogP contribution in [0.25, 0.3) is 16.7 Å². The smallest absolute Gasteiger partial charge is 0.341 e. The van der Waals surface area contributed by atoms with E-state index < -0.39 is 11.2 Å². The lowest BCUT2D eigenvalue weighted by Gasteiger charge is -2.12. The molecule has 0 saturated heterocycles. The standard InChI is InChI=1S/C24H22ClN5O4S2/c1-3-34-23(33)18-15-5-4-6-17(15)36-22(18)28-20(31)12(2)35-24-27-19-16(21(32)29-24)11-26-30(19)14-9-7-13(25)8-10-14/h7-12H,3-6H2,1-2H3,(H,28,31)(H,27,29,32)/t12-/m1/s1. The van der Waals surface area contributed by atoms with Crippen LogP contribution >= 0.6 is 34.7 Å². The van der Waals surface area contributed by atoms with E-state index in [0.29, 0.717) is 32.3 Å². The van der Waals surface area contributed by atoms with Gasteiger partial charge in [-0.1, -0.05) is 23.4 Å². The summed E-state index contributed by atoms with van der Waals surface area (Å²) >= 11 is 8.52. The molecule has 0 fully saturated rings. The number of hydrogen-bond donors (Lipinski definition) is 2. The third kappa shape index (κ3) is 4.65. The SMILES string of the molecule is CCOC(=O)c1c(NC(=O)[C@@H](C)Sc2nc3c(cnn3-c3ccc(Cl)cc3)c(=O)[nH]2)sc2c1CCC2. The van der Waals surface area contributed by atoms with E-state index in [1.807, 2.05) is 0 Å². The van der Waals surface area contributed by atoms with Crippen LogP contribution in [0, 0.1) is 0 Å². The Morgan fingerprint density at radius 3 is 2.83 bits per heavy atom. The van der Waals surface area contributed by atoms with Gasteiger partial charge in [-0.2, -0.15) is 5.10 Å². The summed E-state index contributed by atoms with van der Waals surface area (Å²) in [4.78, 5) is 46.7. The fourth-order valence-corrected chi connectivity index (χ4v) is 6.27. The zero-order valence-electron chi connectivity index (χ0n) is 19.5. The molecule has 0 spiro atoms. The Labute approximate surface area is 219 Å². The van der Waals surface area contributed by atoms with Crippen LogP contribution in [-0.4, -0.2) is 43.5 Å². The van der Waals surface area contributed by atoms with Crippen molar-refractivity contribution in [3.8, 4) is 5.69 Å². The summed E-state index contributed by atoms with van der Waals surface area (Å²) < 4.78 is 6.79. The minimum Gasteiger partial charge on any atom is -0.462 e. The number of H-pyrrole nitrogens is 1. The van der Waals surface area contributed by atoms with Crippen molar-refractivity contribution in [2.24, 2.45) is 0 Å². The second-order valence-electron chi connectivity index (χ2n) is 8.17. The first kappa shape index (κ1) is 24.5. The van der Waals surface area contributed by atoms with Gasteiger partial charge < -0.3 is 15.0 Å². The summed E-state index contributed by atoms with van der Waals surface area (Å²) in [6, 6.07) is 7.01. The Kier molecular flexibility index (Phi) is 6.87. The molecule has 0 saturated carbocycles. The molecule has 1 aliphatic carbocycles. The van der Waals surface area contributed by atoms with E-state index in [-0.39, 0.29) is 23.2 Å². The average molecular weight is 544 g/mol. The van der Waals surface area contributed by atoms with E-state index in [9.17, 15) is 14.4 Å². The van der Waals surface area contributed by atoms with Crippen molar-refractivity contribution in [2.45, 2.75) is 43.5 Å². The zero-order chi connectivity index (χ0) is 25.4. The van der Waals surface area contributed by atoms with Gasteiger partial charge in [0.05, 0.1) is 29.3 Å². The topological polar surface area (TPSA) is 119 Å². The summed E-state index contributed by atoms with van der Waals surface area (Å²) in [5.41, 5.74) is 2.15. The highest BCUT2D eigenvalue weighted by Gasteiger charge is 2.29. The molecule has 12 heteroatoms. The molecule has 0 bridgehead atoms. The van der Waals surface area contributed by atoms with E-state index >= 15 is 0 Å². The van der Waals surface area contributed by atoms with Crippen LogP contribution < -0.4 is 10.9 Å². The molecule has 0 radical (unpaired) electrons. The van der Waals surface area contributed by atoms with Gasteiger partial charge in [-0.15, -0.1) is 11.3 Å². The van der Waals surface area contributed by atoms with Gasteiger partial charge in [0.2, 0.25) is 5.91 Å². The number of nitrogens with zero attached hydrogens (tertiary/aromatic N) is 3. The number of nitrogens with one attached hydrogen (secondary N) is 2. The Morgan fingerprint density at radius 1 is 1.31 bits per heavy atom. The summed E-state index contributed by atoms with van der Waals surface area (Å²) in [6.07, 6.45) is 4.13. The lowest BCUT2D eigenvalue weighted by Crippen LogP contribution is -2.24. The number of thioether (sulfide) groups is 1. The van der Waals surface area contributed by atoms with Gasteiger partial charge in [0.25, 0.3) is 5.56 Å². The van der Waals surface area contributed by atoms with Crippen LogP contribution in [0.2, 0.25) is 5.02 Å². The fraction of sp³-hybridized carbons (Fsp3) is 0.292. The Hall–Kier alpha value is -3.15. The van der Waals surface area contributed by atoms with Gasteiger partial charge in [-0.3, -0.25) is 9.59 Å². The quantitative estimate of drug-likeness (QED) is 0.198. The van der Waals surface area contributed by atoms with E-state index in [1.165, 1.54) is 17.5 Å². The first-order chi connectivity index (χ1) is 17.4. The maximum Gasteiger partial charge on any atom is 0.341 e. The molecule has 2 N–H and O–H groups in total. The summed E-state index contributed by atoms with van der Waals surface area (Å²) in [6.45, 7) is 3.73. The van der Waals surface area contributed by atoms with Crippen molar-refractivity contribution in [1.82, 2.24) is 19.7 Å². The van der Waals surface area contributed by atoms with Crippen molar-refractivity contribution in [1.29, 1.82) is 0 Å². The molecular formula is C24H22ClN5O4S2. The number of aromatic amines is 1. The number of carbonyl (C=O) groups excluding carboxylic acids is 2. The number of hydrogen-bond acceptors (Lipinski definition) is 8. The number of carbonyl (C=O) groups is 2. The second kappa shape index (κ2) is 10.1. The van der Waals surface area contributed by atoms with E-state index in [2.05, 4.69) is 20.4 Å². The van der Waals surface area contributed by atoms with E-state index in [4.69, 9.17) is 16.3 Å². The maximum absolute atomic E-state index is 13.1. The molecule has 1 aliphatic rings. The molecule has 5 rings (SSSR count). The number of halogens is 1. The number of benzene rings is 1. The van der Waals surface area contributed by atoms with Crippen LogP contribution in [-0.2, 0) is 22.4 Å². The number of ether oxygens (including phenoxy) is 1. The monoisotopic (exact) mass is 543 g/mol. The van der Waals surface area contributed by atoms with Crippen molar-refractivity contribution in [2.75, 3.05) is 11.9 Å². The molecule has 186 valence electrons. The van der Waals surface area contributed by atoms with Crippen molar-refractivity contribution < 1.29 is 14.3 Å². The van der Waals surface area contributed by atoms with Gasteiger partial charge in [-0.05, 0) is 62.9 Å². The molecular weight excluding hydrogens is 522 g/mol. The first-order valence-electron chi connectivity index (χ1n) is 11.4. The molecule has 0 unspecified atom stereocenters. The molecule has 4 aromatic rings. The molecule has 36 heavy (non-hydrogen) atoms. The summed E-state index contributed by atoms with van der Waals surface area (Å²) in [7, 11) is 0. The van der Waals surface area contributed by atoms with Crippen molar-refractivity contribution in [3.05, 3.63) is 61.8 Å². The van der Waals surface area contributed by atoms with E-state index in [1.54, 1.807) is 42.8 Å². The lowest BCUT2D eigenvalue weighted by molar-refractivity contribution is -0.115. The molecule has 1 aromatic carbocycles. The third-order valence-corrected chi connectivity index (χ3v) is 8.23. The van der Waals surface area contributed by atoms with Gasteiger partial charge >= 0.3 is 5.97 Å². The van der Waals surface area contributed by atoms with Gasteiger partial charge in [0.1, 0.15) is 10.4 Å². The number of amides is 1. The number of rotatable bonds is 7. The van der Waals surface area contributed by atoms with Gasteiger partial charge in [-0.25, -0.2) is 14.5 Å². The molecule has 9 nitrogen and oxygen atoms in total.